The lowest BCUT2D eigenvalue weighted by Gasteiger charge is -2.08. The number of rotatable bonds is 7. The van der Waals surface area contributed by atoms with Crippen molar-refractivity contribution in [3.05, 3.63) is 45.1 Å². The molecule has 0 bridgehead atoms. The van der Waals surface area contributed by atoms with E-state index in [1.807, 2.05) is 19.1 Å². The Hall–Kier alpha value is -0.890. The van der Waals surface area contributed by atoms with Gasteiger partial charge < -0.3 is 5.32 Å². The second-order valence-electron chi connectivity index (χ2n) is 4.41. The number of thiophene rings is 1. The summed E-state index contributed by atoms with van der Waals surface area (Å²) in [6.07, 6.45) is 0.685. The van der Waals surface area contributed by atoms with Crippen molar-refractivity contribution in [2.45, 2.75) is 18.2 Å². The first-order chi connectivity index (χ1) is 10.0. The molecule has 4 nitrogen and oxygen atoms in total. The summed E-state index contributed by atoms with van der Waals surface area (Å²) in [5, 5.41) is 3.13. The number of benzene rings is 1. The first-order valence-corrected chi connectivity index (χ1v) is 9.68. The average Bonchev–Trinajstić information content (AvgIpc) is 2.85. The molecule has 0 unspecified atom stereocenters. The highest BCUT2D eigenvalue weighted by atomic mass is 79.9. The van der Waals surface area contributed by atoms with Crippen LogP contribution in [0.25, 0.3) is 0 Å². The van der Waals surface area contributed by atoms with Crippen molar-refractivity contribution in [3.63, 3.8) is 0 Å². The molecule has 0 radical (unpaired) electrons. The smallest absolute Gasteiger partial charge is 0.240 e. The molecule has 0 aliphatic heterocycles. The van der Waals surface area contributed by atoms with Gasteiger partial charge in [0.25, 0.3) is 0 Å². The highest BCUT2D eigenvalue weighted by Gasteiger charge is 2.13. The molecule has 1 heterocycles. The topological polar surface area (TPSA) is 58.2 Å². The van der Waals surface area contributed by atoms with Gasteiger partial charge in [0.2, 0.25) is 10.0 Å². The van der Waals surface area contributed by atoms with Crippen LogP contribution in [0.5, 0.6) is 0 Å². The van der Waals surface area contributed by atoms with Gasteiger partial charge in [-0.05, 0) is 65.7 Å². The van der Waals surface area contributed by atoms with Gasteiger partial charge in [-0.15, -0.1) is 11.3 Å². The maximum Gasteiger partial charge on any atom is 0.240 e. The van der Waals surface area contributed by atoms with E-state index < -0.39 is 10.0 Å². The van der Waals surface area contributed by atoms with E-state index in [9.17, 15) is 8.42 Å². The van der Waals surface area contributed by atoms with Gasteiger partial charge in [-0.25, -0.2) is 13.1 Å². The van der Waals surface area contributed by atoms with E-state index in [0.717, 1.165) is 20.9 Å². The molecular formula is C14H17BrN2O2S2. The first-order valence-electron chi connectivity index (χ1n) is 6.59. The molecule has 2 N–H and O–H groups in total. The number of hydrogen-bond acceptors (Lipinski definition) is 4. The molecule has 0 aliphatic carbocycles. The molecule has 0 aliphatic rings. The lowest BCUT2D eigenvalue weighted by atomic mass is 10.3. The molecule has 114 valence electrons. The van der Waals surface area contributed by atoms with Crippen LogP contribution < -0.4 is 10.0 Å². The molecule has 0 saturated heterocycles. The summed E-state index contributed by atoms with van der Waals surface area (Å²) < 4.78 is 28.0. The molecule has 1 aromatic heterocycles. The van der Waals surface area contributed by atoms with Gasteiger partial charge in [-0.3, -0.25) is 0 Å². The molecule has 0 saturated carbocycles. The number of nitrogens with one attached hydrogen (secondary N) is 2. The summed E-state index contributed by atoms with van der Waals surface area (Å²) >= 11 is 5.01. The zero-order valence-corrected chi connectivity index (χ0v) is 14.8. The molecule has 7 heteroatoms. The van der Waals surface area contributed by atoms with Crippen LogP contribution in [0.15, 0.2) is 45.1 Å². The van der Waals surface area contributed by atoms with Crippen LogP contribution in [-0.2, 0) is 16.4 Å². The maximum atomic E-state index is 12.2. The minimum Gasteiger partial charge on any atom is -0.385 e. The molecule has 0 atom stereocenters. The van der Waals surface area contributed by atoms with Crippen LogP contribution >= 0.6 is 27.3 Å². The fourth-order valence-electron chi connectivity index (χ4n) is 1.83. The number of hydrogen-bond donors (Lipinski definition) is 2. The van der Waals surface area contributed by atoms with Crippen LogP contribution in [-0.4, -0.2) is 21.5 Å². The number of halogens is 1. The van der Waals surface area contributed by atoms with E-state index in [-0.39, 0.29) is 4.90 Å². The molecule has 0 fully saturated rings. The summed E-state index contributed by atoms with van der Waals surface area (Å²) in [5.74, 6) is 0. The third-order valence-electron chi connectivity index (χ3n) is 2.84. The predicted octanol–water partition coefficient (Wildman–Crippen LogP) is 3.46. The van der Waals surface area contributed by atoms with E-state index in [1.165, 1.54) is 0 Å². The van der Waals surface area contributed by atoms with Crippen LogP contribution in [0.2, 0.25) is 0 Å². The van der Waals surface area contributed by atoms with E-state index in [2.05, 4.69) is 26.0 Å². The Morgan fingerprint density at radius 1 is 1.14 bits per heavy atom. The van der Waals surface area contributed by atoms with Gasteiger partial charge >= 0.3 is 0 Å². The largest absolute Gasteiger partial charge is 0.385 e. The lowest BCUT2D eigenvalue weighted by Crippen LogP contribution is -2.25. The fraction of sp³-hybridized carbons (Fsp3) is 0.286. The van der Waals surface area contributed by atoms with Crippen LogP contribution in [0.3, 0.4) is 0 Å². The van der Waals surface area contributed by atoms with E-state index >= 15 is 0 Å². The maximum absolute atomic E-state index is 12.2. The van der Waals surface area contributed by atoms with E-state index in [0.29, 0.717) is 13.0 Å². The lowest BCUT2D eigenvalue weighted by molar-refractivity contribution is 0.582. The highest BCUT2D eigenvalue weighted by Crippen LogP contribution is 2.22. The standard InChI is InChI=1S/C14H17BrN2O2S2/c1-2-16-11-3-6-13(7-4-11)21(18,19)17-10-9-12-5-8-14(15)20-12/h3-8,16-17H,2,9-10H2,1H3. The summed E-state index contributed by atoms with van der Waals surface area (Å²) in [7, 11) is -3.44. The SMILES string of the molecule is CCNc1ccc(S(=O)(=O)NCCc2ccc(Br)s2)cc1. The third kappa shape index (κ3) is 4.81. The molecule has 2 rings (SSSR count). The Morgan fingerprint density at radius 2 is 1.86 bits per heavy atom. The van der Waals surface area contributed by atoms with E-state index in [4.69, 9.17) is 0 Å². The molecule has 21 heavy (non-hydrogen) atoms. The van der Waals surface area contributed by atoms with Crippen molar-refractivity contribution < 1.29 is 8.42 Å². The van der Waals surface area contributed by atoms with Crippen LogP contribution in [0.4, 0.5) is 5.69 Å². The van der Waals surface area contributed by atoms with Crippen LogP contribution in [0, 0.1) is 0 Å². The zero-order chi connectivity index (χ0) is 15.3. The molecule has 1 aromatic carbocycles. The number of sulfonamides is 1. The van der Waals surface area contributed by atoms with Crippen molar-refractivity contribution in [1.82, 2.24) is 4.72 Å². The molecule has 2 aromatic rings. The minimum atomic E-state index is -3.44. The zero-order valence-electron chi connectivity index (χ0n) is 11.6. The number of anilines is 1. The van der Waals surface area contributed by atoms with Crippen LogP contribution in [0.1, 0.15) is 11.8 Å². The Kier molecular flexibility index (Phi) is 5.80. The molecule has 0 spiro atoms. The van der Waals surface area contributed by atoms with Gasteiger partial charge in [0.1, 0.15) is 0 Å². The highest BCUT2D eigenvalue weighted by molar-refractivity contribution is 9.11. The molecule has 0 amide bonds. The summed E-state index contributed by atoms with van der Waals surface area (Å²) in [5.41, 5.74) is 0.917. The summed E-state index contributed by atoms with van der Waals surface area (Å²) in [6.45, 7) is 3.19. The first kappa shape index (κ1) is 16.5. The normalized spacial score (nSPS) is 11.5. The summed E-state index contributed by atoms with van der Waals surface area (Å²) in [4.78, 5) is 1.43. The van der Waals surface area contributed by atoms with E-state index in [1.54, 1.807) is 35.6 Å². The quantitative estimate of drug-likeness (QED) is 0.763. The van der Waals surface area contributed by atoms with Gasteiger partial charge in [-0.1, -0.05) is 0 Å². The minimum absolute atomic E-state index is 0.288. The second kappa shape index (κ2) is 7.40. The average molecular weight is 389 g/mol. The van der Waals surface area contributed by atoms with Crippen molar-refractivity contribution in [1.29, 1.82) is 0 Å². The Labute approximate surface area is 137 Å². The second-order valence-corrected chi connectivity index (χ2v) is 8.72. The Bertz CT molecular complexity index is 681. The monoisotopic (exact) mass is 388 g/mol. The summed E-state index contributed by atoms with van der Waals surface area (Å²) in [6, 6.07) is 10.7. The van der Waals surface area contributed by atoms with Crippen molar-refractivity contribution in [3.8, 4) is 0 Å². The van der Waals surface area contributed by atoms with Gasteiger partial charge in [-0.2, -0.15) is 0 Å². The van der Waals surface area contributed by atoms with Crippen molar-refractivity contribution >= 4 is 43.0 Å². The molecular weight excluding hydrogens is 372 g/mol. The van der Waals surface area contributed by atoms with Gasteiger partial charge in [0.05, 0.1) is 8.68 Å². The van der Waals surface area contributed by atoms with Gasteiger partial charge in [0, 0.05) is 23.7 Å². The van der Waals surface area contributed by atoms with Crippen molar-refractivity contribution in [2.75, 3.05) is 18.4 Å². The Morgan fingerprint density at radius 3 is 2.43 bits per heavy atom. The fourth-order valence-corrected chi connectivity index (χ4v) is 4.35. The third-order valence-corrected chi connectivity index (χ3v) is 6.00. The van der Waals surface area contributed by atoms with Gasteiger partial charge in [0.15, 0.2) is 0 Å². The predicted molar refractivity (Wildman–Crippen MR) is 91.5 cm³/mol. The Balaban J connectivity index is 1.94. The van der Waals surface area contributed by atoms with Crippen molar-refractivity contribution in [2.24, 2.45) is 0 Å².